The highest BCUT2D eigenvalue weighted by molar-refractivity contribution is 5.84. The number of unbranched alkanes of at least 4 members (excludes halogenated alkanes) is 2. The molecule has 4 aromatic rings. The van der Waals surface area contributed by atoms with E-state index in [0.717, 1.165) is 52.3 Å². The third-order valence-corrected chi connectivity index (χ3v) is 5.63. The van der Waals surface area contributed by atoms with Crippen molar-refractivity contribution in [3.8, 4) is 28.6 Å². The summed E-state index contributed by atoms with van der Waals surface area (Å²) < 4.78 is 8.07. The van der Waals surface area contributed by atoms with E-state index < -0.39 is 5.97 Å². The molecule has 1 aliphatic heterocycles. The molecule has 1 N–H and O–H groups in total. The Morgan fingerprint density at radius 1 is 1.03 bits per heavy atom. The van der Waals surface area contributed by atoms with Crippen LogP contribution >= 0.6 is 0 Å². The number of imidazole rings is 1. The summed E-state index contributed by atoms with van der Waals surface area (Å²) in [5.74, 6) is 1.53. The van der Waals surface area contributed by atoms with Gasteiger partial charge in [0.2, 0.25) is 0 Å². The third kappa shape index (κ3) is 4.54. The molecule has 0 radical (unpaired) electrons. The maximum atomic E-state index is 10.6. The van der Waals surface area contributed by atoms with Crippen molar-refractivity contribution < 1.29 is 24.4 Å². The number of carboxylic acid groups (broad SMARTS) is 1. The van der Waals surface area contributed by atoms with E-state index in [1.54, 1.807) is 0 Å². The molecule has 168 valence electrons. The summed E-state index contributed by atoms with van der Waals surface area (Å²) in [4.78, 5) is 26.0. The van der Waals surface area contributed by atoms with E-state index >= 15 is 0 Å². The molecule has 0 unspecified atom stereocenters. The maximum Gasteiger partial charge on any atom is 0.303 e. The topological polar surface area (TPSA) is 82.8 Å². The van der Waals surface area contributed by atoms with Crippen LogP contribution in [-0.4, -0.2) is 27.2 Å². The predicted molar refractivity (Wildman–Crippen MR) is 124 cm³/mol. The first-order chi connectivity index (χ1) is 16.2. The Morgan fingerprint density at radius 2 is 1.91 bits per heavy atom. The third-order valence-electron chi connectivity index (χ3n) is 5.63. The molecule has 0 saturated carbocycles. The SMILES string of the molecule is O=C(O)CCCCCOc1ccc2nc(-c3ccccc3)n(-c3ccc4c(c3)OOC4)c2c1. The number of rotatable bonds is 9. The fourth-order valence-corrected chi connectivity index (χ4v) is 3.97. The predicted octanol–water partition coefficient (Wildman–Crippen LogP) is 5.54. The molecule has 0 bridgehead atoms. The number of nitrogens with zero attached hydrogens (tertiary/aromatic N) is 2. The summed E-state index contributed by atoms with van der Waals surface area (Å²) >= 11 is 0. The van der Waals surface area contributed by atoms with E-state index in [0.29, 0.717) is 25.4 Å². The lowest BCUT2D eigenvalue weighted by atomic mass is 10.1. The van der Waals surface area contributed by atoms with Crippen molar-refractivity contribution in [2.75, 3.05) is 6.61 Å². The van der Waals surface area contributed by atoms with Crippen LogP contribution in [0.3, 0.4) is 0 Å². The molecule has 2 heterocycles. The second-order valence-electron chi connectivity index (χ2n) is 7.98. The van der Waals surface area contributed by atoms with E-state index in [1.165, 1.54) is 0 Å². The summed E-state index contributed by atoms with van der Waals surface area (Å²) in [5.41, 5.74) is 4.73. The van der Waals surface area contributed by atoms with Gasteiger partial charge in [-0.1, -0.05) is 36.4 Å². The zero-order valence-corrected chi connectivity index (χ0v) is 18.1. The number of fused-ring (bicyclic) bond motifs is 2. The minimum atomic E-state index is -0.757. The molecule has 1 aliphatic rings. The lowest BCUT2D eigenvalue weighted by Gasteiger charge is -2.11. The van der Waals surface area contributed by atoms with Crippen LogP contribution in [-0.2, 0) is 16.3 Å². The van der Waals surface area contributed by atoms with Gasteiger partial charge in [-0.05, 0) is 37.5 Å². The first-order valence-electron chi connectivity index (χ1n) is 11.0. The maximum absolute atomic E-state index is 10.6. The van der Waals surface area contributed by atoms with Crippen molar-refractivity contribution in [3.05, 3.63) is 72.3 Å². The molecular formula is C26H24N2O5. The van der Waals surface area contributed by atoms with Crippen LogP contribution in [0.25, 0.3) is 28.1 Å². The van der Waals surface area contributed by atoms with E-state index in [2.05, 4.69) is 4.57 Å². The Bertz CT molecular complexity index is 1280. The van der Waals surface area contributed by atoms with E-state index in [9.17, 15) is 4.79 Å². The number of benzene rings is 3. The summed E-state index contributed by atoms with van der Waals surface area (Å²) in [6.07, 6.45) is 2.49. The van der Waals surface area contributed by atoms with Crippen LogP contribution in [0.4, 0.5) is 0 Å². The van der Waals surface area contributed by atoms with Crippen LogP contribution in [0.1, 0.15) is 31.2 Å². The molecule has 7 nitrogen and oxygen atoms in total. The minimum Gasteiger partial charge on any atom is -0.494 e. The molecule has 1 aromatic heterocycles. The first kappa shape index (κ1) is 21.0. The van der Waals surface area contributed by atoms with Crippen molar-refractivity contribution in [2.24, 2.45) is 0 Å². The smallest absolute Gasteiger partial charge is 0.303 e. The molecule has 7 heteroatoms. The number of ether oxygens (including phenoxy) is 1. The van der Waals surface area contributed by atoms with Gasteiger partial charge in [0.15, 0.2) is 5.75 Å². The standard InChI is InChI=1S/C26H24N2O5/c29-25(30)9-5-2-6-14-31-21-12-13-22-23(16-21)28(26(27-22)18-7-3-1-4-8-18)20-11-10-19-17-32-33-24(19)15-20/h1,3-4,7-8,10-13,15-16H,2,5-6,9,14,17H2,(H,29,30). The number of carboxylic acids is 1. The van der Waals surface area contributed by atoms with Gasteiger partial charge in [0, 0.05) is 29.7 Å². The second kappa shape index (κ2) is 9.34. The minimum absolute atomic E-state index is 0.197. The Labute approximate surface area is 191 Å². The van der Waals surface area contributed by atoms with Crippen molar-refractivity contribution in [1.29, 1.82) is 0 Å². The monoisotopic (exact) mass is 444 g/mol. The molecule has 3 aromatic carbocycles. The van der Waals surface area contributed by atoms with E-state index in [4.69, 9.17) is 24.6 Å². The van der Waals surface area contributed by atoms with Crippen LogP contribution in [0, 0.1) is 0 Å². The molecule has 0 atom stereocenters. The highest BCUT2D eigenvalue weighted by atomic mass is 17.2. The van der Waals surface area contributed by atoms with Gasteiger partial charge in [-0.15, -0.1) is 0 Å². The van der Waals surface area contributed by atoms with Crippen LogP contribution in [0.15, 0.2) is 66.7 Å². The van der Waals surface area contributed by atoms with Gasteiger partial charge in [-0.2, -0.15) is 4.89 Å². The fourth-order valence-electron chi connectivity index (χ4n) is 3.97. The van der Waals surface area contributed by atoms with E-state index in [1.807, 2.05) is 66.7 Å². The van der Waals surface area contributed by atoms with Gasteiger partial charge in [0.05, 0.1) is 23.3 Å². The van der Waals surface area contributed by atoms with Crippen molar-refractivity contribution in [3.63, 3.8) is 0 Å². The quantitative estimate of drug-likeness (QED) is 0.270. The van der Waals surface area contributed by atoms with Gasteiger partial charge < -0.3 is 14.7 Å². The molecule has 0 fully saturated rings. The molecule has 33 heavy (non-hydrogen) atoms. The zero-order chi connectivity index (χ0) is 22.6. The number of aromatic nitrogens is 2. The largest absolute Gasteiger partial charge is 0.494 e. The summed E-state index contributed by atoms with van der Waals surface area (Å²) in [7, 11) is 0. The van der Waals surface area contributed by atoms with Crippen molar-refractivity contribution in [1.82, 2.24) is 9.55 Å². The Kier molecular flexibility index (Phi) is 5.95. The molecule has 0 saturated heterocycles. The molecule has 0 amide bonds. The summed E-state index contributed by atoms with van der Waals surface area (Å²) in [5, 5.41) is 8.75. The highest BCUT2D eigenvalue weighted by Gasteiger charge is 2.19. The normalized spacial score (nSPS) is 12.5. The molecule has 5 rings (SSSR count). The van der Waals surface area contributed by atoms with E-state index in [-0.39, 0.29) is 6.42 Å². The van der Waals surface area contributed by atoms with Crippen molar-refractivity contribution in [2.45, 2.75) is 32.3 Å². The van der Waals surface area contributed by atoms with Gasteiger partial charge in [-0.25, -0.2) is 4.98 Å². The van der Waals surface area contributed by atoms with Gasteiger partial charge in [0.25, 0.3) is 0 Å². The second-order valence-corrected chi connectivity index (χ2v) is 7.98. The number of hydrogen-bond acceptors (Lipinski definition) is 5. The Morgan fingerprint density at radius 3 is 2.76 bits per heavy atom. The lowest BCUT2D eigenvalue weighted by Crippen LogP contribution is -2.00. The highest BCUT2D eigenvalue weighted by Crippen LogP contribution is 2.34. The Balaban J connectivity index is 1.47. The molecule has 0 spiro atoms. The van der Waals surface area contributed by atoms with Crippen LogP contribution in [0.2, 0.25) is 0 Å². The average Bonchev–Trinajstić information content (AvgIpc) is 3.45. The first-order valence-corrected chi connectivity index (χ1v) is 11.0. The van der Waals surface area contributed by atoms with Crippen molar-refractivity contribution >= 4 is 17.0 Å². The van der Waals surface area contributed by atoms with Crippen LogP contribution < -0.4 is 9.62 Å². The number of carbonyl (C=O) groups is 1. The zero-order valence-electron chi connectivity index (χ0n) is 18.1. The van der Waals surface area contributed by atoms with Gasteiger partial charge in [0.1, 0.15) is 18.2 Å². The number of aliphatic carboxylic acids is 1. The Hall–Kier alpha value is -3.84. The average molecular weight is 444 g/mol. The lowest BCUT2D eigenvalue weighted by molar-refractivity contribution is -0.194. The summed E-state index contributed by atoms with van der Waals surface area (Å²) in [6.45, 7) is 0.977. The van der Waals surface area contributed by atoms with Crippen LogP contribution in [0.5, 0.6) is 11.5 Å². The molecule has 0 aliphatic carbocycles. The fraction of sp³-hybridized carbons (Fsp3) is 0.231. The van der Waals surface area contributed by atoms with Gasteiger partial charge >= 0.3 is 5.97 Å². The summed E-state index contributed by atoms with van der Waals surface area (Å²) in [6, 6.07) is 22.0. The van der Waals surface area contributed by atoms with Gasteiger partial charge in [-0.3, -0.25) is 9.36 Å². The molecular weight excluding hydrogens is 420 g/mol. The number of hydrogen-bond donors (Lipinski definition) is 1.